The Labute approximate surface area is 89.1 Å². The standard InChI is InChI=1S/C8H5BrN4O/c1-14-8-6(9)4-12-7(13-8)5(2-10)3-11/h4-5H,1H3. The predicted octanol–water partition coefficient (Wildman–Crippen LogP) is 1.38. The second-order valence-corrected chi connectivity index (χ2v) is 3.13. The molecule has 0 atom stereocenters. The molecule has 0 radical (unpaired) electrons. The van der Waals surface area contributed by atoms with Crippen molar-refractivity contribution in [1.82, 2.24) is 9.97 Å². The van der Waals surface area contributed by atoms with Crippen LogP contribution in [0.25, 0.3) is 0 Å². The molecule has 0 aliphatic heterocycles. The third kappa shape index (κ3) is 1.98. The SMILES string of the molecule is COc1nc(C(C#N)C#N)ncc1Br. The van der Waals surface area contributed by atoms with Crippen LogP contribution in [0.1, 0.15) is 11.7 Å². The van der Waals surface area contributed by atoms with Crippen molar-refractivity contribution in [1.29, 1.82) is 10.5 Å². The molecule has 14 heavy (non-hydrogen) atoms. The third-order valence-corrected chi connectivity index (χ3v) is 1.98. The molecule has 0 aliphatic carbocycles. The lowest BCUT2D eigenvalue weighted by molar-refractivity contribution is 0.391. The Morgan fingerprint density at radius 1 is 1.50 bits per heavy atom. The number of ether oxygens (including phenoxy) is 1. The Morgan fingerprint density at radius 3 is 2.64 bits per heavy atom. The zero-order valence-electron chi connectivity index (χ0n) is 7.23. The number of methoxy groups -OCH3 is 1. The largest absolute Gasteiger partial charge is 0.480 e. The molecule has 0 saturated carbocycles. The van der Waals surface area contributed by atoms with E-state index >= 15 is 0 Å². The molecule has 0 amide bonds. The van der Waals surface area contributed by atoms with E-state index in [2.05, 4.69) is 25.9 Å². The third-order valence-electron chi connectivity index (χ3n) is 1.44. The number of nitriles is 2. The highest BCUT2D eigenvalue weighted by molar-refractivity contribution is 9.10. The van der Waals surface area contributed by atoms with E-state index in [1.165, 1.54) is 13.3 Å². The van der Waals surface area contributed by atoms with Gasteiger partial charge < -0.3 is 4.74 Å². The second kappa shape index (κ2) is 4.54. The van der Waals surface area contributed by atoms with Gasteiger partial charge in [0.15, 0.2) is 11.7 Å². The molecule has 6 heteroatoms. The fourth-order valence-electron chi connectivity index (χ4n) is 0.791. The summed E-state index contributed by atoms with van der Waals surface area (Å²) in [6, 6.07) is 3.56. The lowest BCUT2D eigenvalue weighted by atomic mass is 10.2. The molecule has 0 aliphatic rings. The van der Waals surface area contributed by atoms with Crippen LogP contribution < -0.4 is 4.74 Å². The van der Waals surface area contributed by atoms with Crippen molar-refractivity contribution in [2.45, 2.75) is 5.92 Å². The van der Waals surface area contributed by atoms with Crippen molar-refractivity contribution in [3.8, 4) is 18.0 Å². The lowest BCUT2D eigenvalue weighted by Crippen LogP contribution is -2.02. The van der Waals surface area contributed by atoms with E-state index in [4.69, 9.17) is 15.3 Å². The topological polar surface area (TPSA) is 82.6 Å². The van der Waals surface area contributed by atoms with Crippen molar-refractivity contribution in [3.05, 3.63) is 16.5 Å². The summed E-state index contributed by atoms with van der Waals surface area (Å²) in [5.74, 6) is -0.502. The van der Waals surface area contributed by atoms with Gasteiger partial charge in [0.2, 0.25) is 5.88 Å². The summed E-state index contributed by atoms with van der Waals surface area (Å²) in [5, 5.41) is 17.2. The zero-order valence-corrected chi connectivity index (χ0v) is 8.82. The van der Waals surface area contributed by atoms with Gasteiger partial charge in [0.25, 0.3) is 0 Å². The molecule has 1 aromatic rings. The Balaban J connectivity index is 3.14. The van der Waals surface area contributed by atoms with E-state index in [-0.39, 0.29) is 5.82 Å². The first-order valence-electron chi connectivity index (χ1n) is 3.58. The first-order chi connectivity index (χ1) is 6.72. The highest BCUT2D eigenvalue weighted by atomic mass is 79.9. The number of nitrogens with zero attached hydrogens (tertiary/aromatic N) is 4. The molecule has 1 aromatic heterocycles. The van der Waals surface area contributed by atoms with Crippen LogP contribution >= 0.6 is 15.9 Å². The summed E-state index contributed by atoms with van der Waals surface area (Å²) in [7, 11) is 1.45. The zero-order chi connectivity index (χ0) is 10.6. The van der Waals surface area contributed by atoms with Crippen LogP contribution in [-0.4, -0.2) is 17.1 Å². The molecule has 1 rings (SSSR count). The number of halogens is 1. The monoisotopic (exact) mass is 252 g/mol. The fraction of sp³-hybridized carbons (Fsp3) is 0.250. The fourth-order valence-corrected chi connectivity index (χ4v) is 1.14. The van der Waals surface area contributed by atoms with Gasteiger partial charge in [-0.3, -0.25) is 0 Å². The molecular formula is C8H5BrN4O. The number of hydrogen-bond acceptors (Lipinski definition) is 5. The number of aromatic nitrogens is 2. The maximum absolute atomic E-state index is 8.61. The minimum Gasteiger partial charge on any atom is -0.480 e. The molecule has 0 N–H and O–H groups in total. The molecule has 0 spiro atoms. The summed E-state index contributed by atoms with van der Waals surface area (Å²) in [4.78, 5) is 7.75. The summed E-state index contributed by atoms with van der Waals surface area (Å²) < 4.78 is 5.49. The summed E-state index contributed by atoms with van der Waals surface area (Å²) in [6.07, 6.45) is 1.45. The van der Waals surface area contributed by atoms with Crippen molar-refractivity contribution in [3.63, 3.8) is 0 Å². The van der Waals surface area contributed by atoms with Crippen LogP contribution in [0.3, 0.4) is 0 Å². The second-order valence-electron chi connectivity index (χ2n) is 2.28. The molecule has 1 heterocycles. The highest BCUT2D eigenvalue weighted by Crippen LogP contribution is 2.22. The highest BCUT2D eigenvalue weighted by Gasteiger charge is 2.14. The molecule has 0 bridgehead atoms. The first-order valence-corrected chi connectivity index (χ1v) is 4.38. The molecule has 5 nitrogen and oxygen atoms in total. The van der Waals surface area contributed by atoms with Gasteiger partial charge in [-0.05, 0) is 15.9 Å². The van der Waals surface area contributed by atoms with E-state index in [0.717, 1.165) is 0 Å². The minimum absolute atomic E-state index is 0.148. The van der Waals surface area contributed by atoms with Gasteiger partial charge in [0.1, 0.15) is 0 Å². The van der Waals surface area contributed by atoms with E-state index in [9.17, 15) is 0 Å². The Kier molecular flexibility index (Phi) is 3.38. The first kappa shape index (κ1) is 10.4. The molecular weight excluding hydrogens is 248 g/mol. The number of hydrogen-bond donors (Lipinski definition) is 0. The average Bonchev–Trinajstić information content (AvgIpc) is 2.22. The molecule has 0 fully saturated rings. The maximum atomic E-state index is 8.61. The van der Waals surface area contributed by atoms with Gasteiger partial charge in [0.05, 0.1) is 23.7 Å². The van der Waals surface area contributed by atoms with Gasteiger partial charge in [-0.15, -0.1) is 0 Å². The molecule has 0 unspecified atom stereocenters. The van der Waals surface area contributed by atoms with Crippen molar-refractivity contribution in [2.75, 3.05) is 7.11 Å². The lowest BCUT2D eigenvalue weighted by Gasteiger charge is -2.03. The molecule has 70 valence electrons. The van der Waals surface area contributed by atoms with Gasteiger partial charge >= 0.3 is 0 Å². The normalized spacial score (nSPS) is 9.21. The van der Waals surface area contributed by atoms with Crippen LogP contribution in [-0.2, 0) is 0 Å². The Hall–Kier alpha value is -1.66. The van der Waals surface area contributed by atoms with Crippen molar-refractivity contribution < 1.29 is 4.74 Å². The smallest absolute Gasteiger partial charge is 0.231 e. The van der Waals surface area contributed by atoms with Crippen molar-refractivity contribution >= 4 is 15.9 Å². The van der Waals surface area contributed by atoms with Gasteiger partial charge in [-0.1, -0.05) is 0 Å². The molecule has 0 saturated heterocycles. The average molecular weight is 253 g/mol. The van der Waals surface area contributed by atoms with Gasteiger partial charge in [0, 0.05) is 6.20 Å². The van der Waals surface area contributed by atoms with Gasteiger partial charge in [-0.25, -0.2) is 4.98 Å². The quantitative estimate of drug-likeness (QED) is 0.794. The summed E-state index contributed by atoms with van der Waals surface area (Å²) in [6.45, 7) is 0. The molecule has 0 aromatic carbocycles. The van der Waals surface area contributed by atoms with Crippen LogP contribution in [0.2, 0.25) is 0 Å². The van der Waals surface area contributed by atoms with Crippen LogP contribution in [0.15, 0.2) is 10.7 Å². The minimum atomic E-state index is -0.961. The van der Waals surface area contributed by atoms with Gasteiger partial charge in [-0.2, -0.15) is 15.5 Å². The van der Waals surface area contributed by atoms with Crippen LogP contribution in [0, 0.1) is 22.7 Å². The summed E-state index contributed by atoms with van der Waals surface area (Å²) in [5.41, 5.74) is 0. The Bertz CT molecular complexity index is 406. The van der Waals surface area contributed by atoms with E-state index < -0.39 is 5.92 Å². The maximum Gasteiger partial charge on any atom is 0.231 e. The Morgan fingerprint density at radius 2 is 2.14 bits per heavy atom. The van der Waals surface area contributed by atoms with E-state index in [1.54, 1.807) is 12.1 Å². The van der Waals surface area contributed by atoms with Crippen LogP contribution in [0.4, 0.5) is 0 Å². The van der Waals surface area contributed by atoms with Crippen molar-refractivity contribution in [2.24, 2.45) is 0 Å². The number of rotatable bonds is 2. The van der Waals surface area contributed by atoms with E-state index in [1.807, 2.05) is 0 Å². The summed E-state index contributed by atoms with van der Waals surface area (Å²) >= 11 is 3.17. The van der Waals surface area contributed by atoms with Crippen LogP contribution in [0.5, 0.6) is 5.88 Å². The predicted molar refractivity (Wildman–Crippen MR) is 50.3 cm³/mol. The van der Waals surface area contributed by atoms with E-state index in [0.29, 0.717) is 10.4 Å².